The number of nitrogens with one attached hydrogen (secondary N) is 1. The van der Waals surface area contributed by atoms with Gasteiger partial charge in [-0.15, -0.1) is 16.8 Å². The van der Waals surface area contributed by atoms with E-state index >= 15 is 0 Å². The Morgan fingerprint density at radius 2 is 2.00 bits per heavy atom. The van der Waals surface area contributed by atoms with Gasteiger partial charge < -0.3 is 9.88 Å². The molecule has 0 saturated heterocycles. The van der Waals surface area contributed by atoms with Crippen LogP contribution < -0.4 is 5.32 Å². The molecule has 0 aliphatic carbocycles. The zero-order chi connectivity index (χ0) is 23.4. The highest BCUT2D eigenvalue weighted by Crippen LogP contribution is 2.27. The maximum absolute atomic E-state index is 12.7. The van der Waals surface area contributed by atoms with E-state index in [0.717, 1.165) is 15.8 Å². The summed E-state index contributed by atoms with van der Waals surface area (Å²) in [5, 5.41) is 12.0. The number of amides is 1. The van der Waals surface area contributed by atoms with E-state index in [2.05, 4.69) is 27.1 Å². The van der Waals surface area contributed by atoms with Crippen LogP contribution in [-0.4, -0.2) is 39.8 Å². The Kier molecular flexibility index (Phi) is 6.91. The van der Waals surface area contributed by atoms with Crippen LogP contribution in [0.15, 0.2) is 71.2 Å². The topological polar surface area (TPSA) is 107 Å². The largest absolute Gasteiger partial charge is 0.301 e. The lowest BCUT2D eigenvalue weighted by atomic mass is 10.2. The molecule has 8 nitrogen and oxygen atoms in total. The van der Waals surface area contributed by atoms with E-state index in [0.29, 0.717) is 22.7 Å². The van der Waals surface area contributed by atoms with Crippen LogP contribution in [0.25, 0.3) is 10.2 Å². The van der Waals surface area contributed by atoms with Gasteiger partial charge in [0.1, 0.15) is 11.6 Å². The number of thioether (sulfide) groups is 1. The first-order chi connectivity index (χ1) is 15.9. The summed E-state index contributed by atoms with van der Waals surface area (Å²) in [6.45, 7) is 6.06. The number of carbonyl (C=O) groups excluding carboxylic acids is 1. The molecule has 0 aliphatic heterocycles. The highest BCUT2D eigenvalue weighted by Gasteiger charge is 2.21. The van der Waals surface area contributed by atoms with Crippen molar-refractivity contribution in [2.24, 2.45) is 0 Å². The zero-order valence-electron chi connectivity index (χ0n) is 17.8. The Balaban J connectivity index is 1.44. The van der Waals surface area contributed by atoms with Crippen LogP contribution in [0.4, 0.5) is 5.13 Å². The number of aryl methyl sites for hydroxylation is 1. The summed E-state index contributed by atoms with van der Waals surface area (Å²) in [4.78, 5) is 17.1. The molecule has 4 rings (SSSR count). The molecule has 11 heteroatoms. The SMILES string of the molecule is C=CCn1c(CS(=O)(=O)c2ccccc2)nnc1SCC(=O)Nc1nc2ccc(C)cc2s1. The van der Waals surface area contributed by atoms with Gasteiger partial charge in [0.25, 0.3) is 0 Å². The molecule has 1 amide bonds. The summed E-state index contributed by atoms with van der Waals surface area (Å²) in [6, 6.07) is 14.1. The summed E-state index contributed by atoms with van der Waals surface area (Å²) in [7, 11) is -3.58. The number of carbonyl (C=O) groups is 1. The second-order valence-electron chi connectivity index (χ2n) is 7.20. The summed E-state index contributed by atoms with van der Waals surface area (Å²) in [5.74, 6) is -0.156. The number of sulfone groups is 1. The van der Waals surface area contributed by atoms with Gasteiger partial charge in [0, 0.05) is 6.54 Å². The first-order valence-electron chi connectivity index (χ1n) is 9.96. The lowest BCUT2D eigenvalue weighted by Gasteiger charge is -2.08. The number of hydrogen-bond acceptors (Lipinski definition) is 8. The fourth-order valence-corrected chi connectivity index (χ4v) is 6.14. The molecule has 1 N–H and O–H groups in total. The number of aromatic nitrogens is 4. The Bertz CT molecular complexity index is 1410. The second-order valence-corrected chi connectivity index (χ2v) is 11.2. The Labute approximate surface area is 199 Å². The van der Waals surface area contributed by atoms with Gasteiger partial charge in [-0.3, -0.25) is 4.79 Å². The molecule has 4 aromatic rings. The van der Waals surface area contributed by atoms with Crippen molar-refractivity contribution in [3.63, 3.8) is 0 Å². The number of rotatable bonds is 9. The van der Waals surface area contributed by atoms with Gasteiger partial charge in [0.05, 0.1) is 20.9 Å². The van der Waals surface area contributed by atoms with E-state index in [4.69, 9.17) is 0 Å². The van der Waals surface area contributed by atoms with E-state index in [1.165, 1.54) is 23.1 Å². The average molecular weight is 500 g/mol. The van der Waals surface area contributed by atoms with Crippen molar-refractivity contribution in [2.45, 2.75) is 29.3 Å². The fourth-order valence-electron chi connectivity index (χ4n) is 3.10. The first-order valence-corrected chi connectivity index (χ1v) is 13.4. The number of anilines is 1. The van der Waals surface area contributed by atoms with E-state index < -0.39 is 9.84 Å². The van der Waals surface area contributed by atoms with E-state index in [1.54, 1.807) is 41.0 Å². The van der Waals surface area contributed by atoms with Crippen molar-refractivity contribution in [3.8, 4) is 0 Å². The fraction of sp³-hybridized carbons (Fsp3) is 0.182. The molecule has 0 fully saturated rings. The lowest BCUT2D eigenvalue weighted by Crippen LogP contribution is -2.15. The van der Waals surface area contributed by atoms with E-state index in [-0.39, 0.29) is 22.3 Å². The molecular formula is C22H21N5O3S3. The van der Waals surface area contributed by atoms with Gasteiger partial charge in [0.2, 0.25) is 5.91 Å². The Hall–Kier alpha value is -3.02. The van der Waals surface area contributed by atoms with Crippen LogP contribution in [0.2, 0.25) is 0 Å². The number of fused-ring (bicyclic) bond motifs is 1. The summed E-state index contributed by atoms with van der Waals surface area (Å²) < 4.78 is 28.2. The van der Waals surface area contributed by atoms with Crippen molar-refractivity contribution in [2.75, 3.05) is 11.1 Å². The molecule has 2 aromatic heterocycles. The highest BCUT2D eigenvalue weighted by molar-refractivity contribution is 7.99. The zero-order valence-corrected chi connectivity index (χ0v) is 20.2. The normalized spacial score (nSPS) is 11.5. The van der Waals surface area contributed by atoms with Crippen molar-refractivity contribution in [1.29, 1.82) is 0 Å². The maximum Gasteiger partial charge on any atom is 0.236 e. The van der Waals surface area contributed by atoms with Gasteiger partial charge in [0.15, 0.2) is 20.1 Å². The van der Waals surface area contributed by atoms with Crippen molar-refractivity contribution >= 4 is 54.2 Å². The minimum Gasteiger partial charge on any atom is -0.301 e. The molecule has 0 saturated carbocycles. The third-order valence-electron chi connectivity index (χ3n) is 4.65. The molecular weight excluding hydrogens is 478 g/mol. The summed E-state index contributed by atoms with van der Waals surface area (Å²) in [6.07, 6.45) is 1.63. The number of nitrogens with zero attached hydrogens (tertiary/aromatic N) is 4. The molecule has 2 heterocycles. The van der Waals surface area contributed by atoms with Crippen LogP contribution >= 0.6 is 23.1 Å². The molecule has 170 valence electrons. The van der Waals surface area contributed by atoms with Crippen LogP contribution in [-0.2, 0) is 26.9 Å². The van der Waals surface area contributed by atoms with Crippen molar-refractivity contribution in [3.05, 3.63) is 72.6 Å². The molecule has 0 aliphatic rings. The second kappa shape index (κ2) is 9.86. The van der Waals surface area contributed by atoms with Crippen LogP contribution in [0, 0.1) is 6.92 Å². The lowest BCUT2D eigenvalue weighted by molar-refractivity contribution is -0.113. The van der Waals surface area contributed by atoms with Gasteiger partial charge in [-0.25, -0.2) is 13.4 Å². The quantitative estimate of drug-likeness (QED) is 0.273. The minimum absolute atomic E-state index is 0.0790. The predicted molar refractivity (Wildman–Crippen MR) is 131 cm³/mol. The monoisotopic (exact) mass is 499 g/mol. The molecule has 0 bridgehead atoms. The molecule has 0 radical (unpaired) electrons. The summed E-state index contributed by atoms with van der Waals surface area (Å²) in [5.41, 5.74) is 1.97. The van der Waals surface area contributed by atoms with Crippen LogP contribution in [0.3, 0.4) is 0 Å². The van der Waals surface area contributed by atoms with E-state index in [1.807, 2.05) is 25.1 Å². The van der Waals surface area contributed by atoms with Gasteiger partial charge in [-0.2, -0.15) is 0 Å². The number of benzene rings is 2. The standard InChI is InChI=1S/C22H21N5O3S3/c1-3-11-27-19(14-33(29,30)16-7-5-4-6-8-16)25-26-22(27)31-13-20(28)24-21-23-17-10-9-15(2)12-18(17)32-21/h3-10,12H,1,11,13-14H2,2H3,(H,23,24,28). The van der Waals surface area contributed by atoms with Gasteiger partial charge in [-0.05, 0) is 36.8 Å². The predicted octanol–water partition coefficient (Wildman–Crippen LogP) is 4.09. The van der Waals surface area contributed by atoms with Crippen molar-refractivity contribution in [1.82, 2.24) is 19.7 Å². The number of hydrogen-bond donors (Lipinski definition) is 1. The molecule has 33 heavy (non-hydrogen) atoms. The highest BCUT2D eigenvalue weighted by atomic mass is 32.2. The molecule has 2 aromatic carbocycles. The van der Waals surface area contributed by atoms with Crippen LogP contribution in [0.1, 0.15) is 11.4 Å². The Morgan fingerprint density at radius 3 is 2.76 bits per heavy atom. The van der Waals surface area contributed by atoms with Crippen molar-refractivity contribution < 1.29 is 13.2 Å². The smallest absolute Gasteiger partial charge is 0.236 e. The third-order valence-corrected chi connectivity index (χ3v) is 8.18. The average Bonchev–Trinajstić information content (AvgIpc) is 3.35. The molecule has 0 atom stereocenters. The third kappa shape index (κ3) is 5.49. The van der Waals surface area contributed by atoms with Gasteiger partial charge >= 0.3 is 0 Å². The number of thiazole rings is 1. The van der Waals surface area contributed by atoms with E-state index in [9.17, 15) is 13.2 Å². The minimum atomic E-state index is -3.58. The maximum atomic E-state index is 12.7. The molecule has 0 spiro atoms. The van der Waals surface area contributed by atoms with Gasteiger partial charge in [-0.1, -0.05) is 53.4 Å². The van der Waals surface area contributed by atoms with Crippen LogP contribution in [0.5, 0.6) is 0 Å². The Morgan fingerprint density at radius 1 is 1.21 bits per heavy atom. The molecule has 0 unspecified atom stereocenters. The number of allylic oxidation sites excluding steroid dienone is 1. The first kappa shape index (κ1) is 23.1. The summed E-state index contributed by atoms with van der Waals surface area (Å²) >= 11 is 2.59.